The Kier molecular flexibility index (Phi) is 16.8. The Morgan fingerprint density at radius 2 is 1.58 bits per heavy atom. The molecule has 1 fully saturated rings. The number of ether oxygens (including phenoxy) is 2. The van der Waals surface area contributed by atoms with Crippen molar-refractivity contribution in [2.24, 2.45) is 11.8 Å². The van der Waals surface area contributed by atoms with Crippen LogP contribution in [0.25, 0.3) is 0 Å². The molecule has 0 spiro atoms. The third-order valence-corrected chi connectivity index (χ3v) is 9.80. The summed E-state index contributed by atoms with van der Waals surface area (Å²) < 4.78 is 11.8. The summed E-state index contributed by atoms with van der Waals surface area (Å²) >= 11 is 0. The van der Waals surface area contributed by atoms with Gasteiger partial charge in [-0.25, -0.2) is 5.48 Å². The van der Waals surface area contributed by atoms with Gasteiger partial charge in [-0.15, -0.1) is 0 Å². The van der Waals surface area contributed by atoms with Gasteiger partial charge in [0, 0.05) is 34.2 Å². The number of likely N-dealkylation sites (tertiary alicyclic amines) is 1. The molecule has 0 radical (unpaired) electrons. The van der Waals surface area contributed by atoms with Crippen LogP contribution in [0.1, 0.15) is 57.6 Å². The molecule has 276 valence electrons. The number of nitrogens with zero attached hydrogens (tertiary/aromatic N) is 2. The summed E-state index contributed by atoms with van der Waals surface area (Å²) in [4.78, 5) is 62.9. The number of likely N-dealkylation sites (N-methyl/N-ethyl adjacent to an activating group) is 2. The molecule has 1 aliphatic heterocycles. The van der Waals surface area contributed by atoms with E-state index in [1.165, 1.54) is 0 Å². The second-order valence-corrected chi connectivity index (χ2v) is 13.2. The van der Waals surface area contributed by atoms with Gasteiger partial charge in [-0.2, -0.15) is 0 Å². The summed E-state index contributed by atoms with van der Waals surface area (Å²) in [7, 11) is 6.60. The van der Waals surface area contributed by atoms with E-state index in [1.807, 2.05) is 60.7 Å². The zero-order valence-electron chi connectivity index (χ0n) is 30.7. The van der Waals surface area contributed by atoms with Gasteiger partial charge in [0.1, 0.15) is 6.04 Å². The molecule has 50 heavy (non-hydrogen) atoms. The highest BCUT2D eigenvalue weighted by Gasteiger charge is 2.42. The summed E-state index contributed by atoms with van der Waals surface area (Å²) in [6, 6.07) is 17.3. The summed E-state index contributed by atoms with van der Waals surface area (Å²) in [5.74, 6) is -1.64. The lowest BCUT2D eigenvalue weighted by molar-refractivity contribution is -0.146. The first-order valence-electron chi connectivity index (χ1n) is 17.6. The van der Waals surface area contributed by atoms with E-state index in [0.717, 1.165) is 24.0 Å². The van der Waals surface area contributed by atoms with E-state index in [2.05, 4.69) is 30.0 Å². The number of carbonyl (C=O) groups excluding carboxylic acids is 4. The largest absolute Gasteiger partial charge is 0.379 e. The molecular weight excluding hydrogens is 638 g/mol. The molecule has 0 saturated carbocycles. The van der Waals surface area contributed by atoms with Gasteiger partial charge in [-0.05, 0) is 36.9 Å². The first-order chi connectivity index (χ1) is 24.1. The average molecular weight is 696 g/mol. The van der Waals surface area contributed by atoms with E-state index in [4.69, 9.17) is 14.3 Å². The maximum Gasteiger partial charge on any atom is 0.266 e. The van der Waals surface area contributed by atoms with Crippen molar-refractivity contribution < 1.29 is 33.5 Å². The second kappa shape index (κ2) is 20.7. The predicted molar refractivity (Wildman–Crippen MR) is 192 cm³/mol. The molecule has 1 heterocycles. The van der Waals surface area contributed by atoms with Crippen molar-refractivity contribution in [3.8, 4) is 0 Å². The summed E-state index contributed by atoms with van der Waals surface area (Å²) in [6.45, 7) is 6.76. The highest BCUT2D eigenvalue weighted by atomic mass is 16.6. The highest BCUT2D eigenvalue weighted by molar-refractivity contribution is 5.88. The number of nitrogens with one attached hydrogen (secondary N) is 3. The Bertz CT molecular complexity index is 1350. The fourth-order valence-electron chi connectivity index (χ4n) is 6.80. The molecule has 12 heteroatoms. The van der Waals surface area contributed by atoms with E-state index in [0.29, 0.717) is 13.0 Å². The minimum absolute atomic E-state index is 0.0763. The lowest BCUT2D eigenvalue weighted by atomic mass is 9.90. The number of methoxy groups -OCH3 is 2. The Labute approximate surface area is 297 Å². The predicted octanol–water partition coefficient (Wildman–Crippen LogP) is 3.10. The summed E-state index contributed by atoms with van der Waals surface area (Å²) in [5.41, 5.74) is 4.27. The Morgan fingerprint density at radius 1 is 0.940 bits per heavy atom. The van der Waals surface area contributed by atoms with Gasteiger partial charge < -0.3 is 29.9 Å². The van der Waals surface area contributed by atoms with Crippen LogP contribution in [0.4, 0.5) is 0 Å². The Morgan fingerprint density at radius 3 is 2.16 bits per heavy atom. The maximum absolute atomic E-state index is 14.0. The lowest BCUT2D eigenvalue weighted by Crippen LogP contribution is -2.55. The van der Waals surface area contributed by atoms with E-state index >= 15 is 0 Å². The van der Waals surface area contributed by atoms with Crippen LogP contribution in [0.5, 0.6) is 0 Å². The van der Waals surface area contributed by atoms with Crippen LogP contribution in [0, 0.1) is 11.8 Å². The van der Waals surface area contributed by atoms with E-state index in [-0.39, 0.29) is 61.7 Å². The molecule has 0 aromatic heterocycles. The van der Waals surface area contributed by atoms with Gasteiger partial charge in [-0.1, -0.05) is 87.9 Å². The molecule has 4 amide bonds. The first kappa shape index (κ1) is 40.6. The molecule has 0 aliphatic carbocycles. The topological polar surface area (TPSA) is 139 Å². The van der Waals surface area contributed by atoms with Gasteiger partial charge in [0.2, 0.25) is 17.7 Å². The number of hydroxylamine groups is 1. The van der Waals surface area contributed by atoms with E-state index in [1.54, 1.807) is 45.0 Å². The monoisotopic (exact) mass is 695 g/mol. The third kappa shape index (κ3) is 11.3. The van der Waals surface area contributed by atoms with Crippen LogP contribution in [0.15, 0.2) is 60.7 Å². The molecule has 3 rings (SSSR count). The van der Waals surface area contributed by atoms with Gasteiger partial charge in [0.25, 0.3) is 5.91 Å². The lowest BCUT2D eigenvalue weighted by Gasteiger charge is -2.39. The second-order valence-electron chi connectivity index (χ2n) is 13.2. The van der Waals surface area contributed by atoms with Crippen LogP contribution in [-0.2, 0) is 46.5 Å². The van der Waals surface area contributed by atoms with Crippen molar-refractivity contribution in [2.45, 2.75) is 89.8 Å². The van der Waals surface area contributed by atoms with Gasteiger partial charge >= 0.3 is 0 Å². The molecular formula is C38H57N5O7. The maximum atomic E-state index is 14.0. The average Bonchev–Trinajstić information content (AvgIpc) is 3.61. The fourth-order valence-corrected chi connectivity index (χ4v) is 6.80. The van der Waals surface area contributed by atoms with Crippen molar-refractivity contribution in [3.05, 3.63) is 71.8 Å². The summed E-state index contributed by atoms with van der Waals surface area (Å²) in [6.07, 6.45) is 1.43. The van der Waals surface area contributed by atoms with E-state index in [9.17, 15) is 19.2 Å². The minimum Gasteiger partial charge on any atom is -0.379 e. The number of hydrogen-bond donors (Lipinski definition) is 3. The zero-order chi connectivity index (χ0) is 36.6. The van der Waals surface area contributed by atoms with Crippen LogP contribution in [-0.4, -0.2) is 105 Å². The number of amides is 4. The number of carbonyl (C=O) groups is 4. The molecule has 12 nitrogen and oxygen atoms in total. The fraction of sp³-hybridized carbons (Fsp3) is 0.579. The van der Waals surface area contributed by atoms with Crippen LogP contribution >= 0.6 is 0 Å². The van der Waals surface area contributed by atoms with Crippen molar-refractivity contribution >= 4 is 23.6 Å². The zero-order valence-corrected chi connectivity index (χ0v) is 30.7. The quantitative estimate of drug-likeness (QED) is 0.180. The van der Waals surface area contributed by atoms with Gasteiger partial charge in [0.05, 0.1) is 49.8 Å². The number of hydrogen-bond acceptors (Lipinski definition) is 8. The highest BCUT2D eigenvalue weighted by Crippen LogP contribution is 2.29. The van der Waals surface area contributed by atoms with Crippen molar-refractivity contribution in [1.29, 1.82) is 0 Å². The van der Waals surface area contributed by atoms with Gasteiger partial charge in [-0.3, -0.25) is 24.0 Å². The molecule has 3 N–H and O–H groups in total. The molecule has 0 bridgehead atoms. The SMILES string of the molecule is CCC(C)C(C(CC(=O)N1CCCC1C(OC)C(C)C(=O)NC(Cc1ccccc1)C(=O)NOCc1ccccc1)OC)N(C)C(=O)CNC. The van der Waals surface area contributed by atoms with Crippen LogP contribution in [0.2, 0.25) is 0 Å². The molecule has 7 unspecified atom stereocenters. The Hall–Kier alpha value is -3.84. The number of benzene rings is 2. The normalized spacial score (nSPS) is 18.0. The molecule has 2 aromatic rings. The van der Waals surface area contributed by atoms with Crippen molar-refractivity contribution in [2.75, 3.05) is 41.4 Å². The smallest absolute Gasteiger partial charge is 0.266 e. The van der Waals surface area contributed by atoms with Crippen molar-refractivity contribution in [3.63, 3.8) is 0 Å². The standard InChI is InChI=1S/C38H57N5O7/c1-8-26(2)35(42(5)34(45)24-39-4)32(48-6)23-33(44)43-21-15-20-31(43)36(49-7)27(3)37(46)40-30(22-28-16-11-9-12-17-28)38(47)41-50-25-29-18-13-10-14-19-29/h9-14,16-19,26-27,30-32,35-36,39H,8,15,20-25H2,1-7H3,(H,40,46)(H,41,47). The molecule has 1 saturated heterocycles. The van der Waals surface area contributed by atoms with Gasteiger partial charge in [0.15, 0.2) is 0 Å². The van der Waals surface area contributed by atoms with E-state index < -0.39 is 30.1 Å². The number of rotatable bonds is 20. The Balaban J connectivity index is 1.73. The minimum atomic E-state index is -0.912. The summed E-state index contributed by atoms with van der Waals surface area (Å²) in [5, 5.41) is 5.84. The third-order valence-electron chi connectivity index (χ3n) is 9.80. The molecule has 7 atom stereocenters. The van der Waals surface area contributed by atoms with Crippen LogP contribution in [0.3, 0.4) is 0 Å². The molecule has 1 aliphatic rings. The first-order valence-corrected chi connectivity index (χ1v) is 17.6. The van der Waals surface area contributed by atoms with Crippen LogP contribution < -0.4 is 16.1 Å². The molecule has 2 aromatic carbocycles. The van der Waals surface area contributed by atoms with Crippen molar-refractivity contribution in [1.82, 2.24) is 25.9 Å².